The van der Waals surface area contributed by atoms with E-state index in [-0.39, 0.29) is 6.61 Å². The number of para-hydroxylation sites is 2. The number of rotatable bonds is 6. The number of hydrogen-bond acceptors (Lipinski definition) is 9. The van der Waals surface area contributed by atoms with Crippen molar-refractivity contribution in [1.82, 2.24) is 14.5 Å². The third-order valence-electron chi connectivity index (χ3n) is 5.70. The van der Waals surface area contributed by atoms with Crippen LogP contribution in [0.25, 0.3) is 11.0 Å². The molecule has 14 nitrogen and oxygen atoms in total. The van der Waals surface area contributed by atoms with Crippen molar-refractivity contribution >= 4 is 40.9 Å². The topological polar surface area (TPSA) is 216 Å². The maximum Gasteiger partial charge on any atom is 0.414 e. The van der Waals surface area contributed by atoms with Crippen LogP contribution < -0.4 is 5.32 Å². The van der Waals surface area contributed by atoms with E-state index < -0.39 is 23.9 Å². The van der Waals surface area contributed by atoms with Crippen LogP contribution in [0.3, 0.4) is 0 Å². The van der Waals surface area contributed by atoms with Crippen molar-refractivity contribution in [3.63, 3.8) is 0 Å². The summed E-state index contributed by atoms with van der Waals surface area (Å²) in [5.74, 6) is -4.52. The molecular weight excluding hydrogens is 516 g/mol. The molecule has 1 unspecified atom stereocenters. The minimum Gasteiger partial charge on any atom is -0.473 e. The summed E-state index contributed by atoms with van der Waals surface area (Å²) in [7, 11) is 0. The number of likely N-dealkylation sites (tertiary alicyclic amines) is 1. The van der Waals surface area contributed by atoms with Crippen molar-refractivity contribution in [2.24, 2.45) is 0 Å². The average molecular weight is 549 g/mol. The normalized spacial score (nSPS) is 15.2. The molecule has 1 aliphatic heterocycles. The molecular formula is C25H32N4O10. The van der Waals surface area contributed by atoms with E-state index in [1.54, 1.807) is 0 Å². The van der Waals surface area contributed by atoms with Crippen LogP contribution in [0.1, 0.15) is 30.8 Å². The molecule has 39 heavy (non-hydrogen) atoms. The molecule has 0 spiro atoms. The lowest BCUT2D eigenvalue weighted by Crippen LogP contribution is -2.29. The van der Waals surface area contributed by atoms with Gasteiger partial charge in [0.2, 0.25) is 5.95 Å². The fourth-order valence-corrected chi connectivity index (χ4v) is 3.92. The Morgan fingerprint density at radius 3 is 2.15 bits per heavy atom. The number of aliphatic carboxylic acids is 4. The summed E-state index contributed by atoms with van der Waals surface area (Å²) < 4.78 is 8.02. The molecule has 4 rings (SSSR count). The van der Waals surface area contributed by atoms with Gasteiger partial charge >= 0.3 is 23.9 Å². The standard InChI is InChI=1S/C21H28N4O2.2C2H2O4/c1-16-8-9-18(27-16)15-25-20-7-3-2-6-19(20)23-21(25)22-17-5-4-11-24(12-10-17)13-14-26;2*3-1(4)2(5)6/h2-3,6-9,17,26H,4-5,10-15H2,1H3,(H,22,23);2*(H,3,4)(H,5,6). The molecule has 212 valence electrons. The summed E-state index contributed by atoms with van der Waals surface area (Å²) in [6.07, 6.45) is 3.31. The lowest BCUT2D eigenvalue weighted by atomic mass is 10.1. The summed E-state index contributed by atoms with van der Waals surface area (Å²) in [6, 6.07) is 12.7. The van der Waals surface area contributed by atoms with Crippen molar-refractivity contribution < 1.29 is 49.1 Å². The van der Waals surface area contributed by atoms with Gasteiger partial charge in [0.25, 0.3) is 0 Å². The molecule has 2 aromatic heterocycles. The number of carbonyl (C=O) groups is 4. The molecule has 6 N–H and O–H groups in total. The molecule has 1 saturated heterocycles. The Labute approximate surface area is 223 Å². The number of furan rings is 1. The molecule has 0 amide bonds. The van der Waals surface area contributed by atoms with E-state index >= 15 is 0 Å². The number of aliphatic hydroxyl groups is 1. The number of β-amino-alcohol motifs (C(OH)–C–C–N with tert-alkyl or cyclic N) is 1. The zero-order valence-electron chi connectivity index (χ0n) is 21.3. The zero-order chi connectivity index (χ0) is 28.9. The number of imidazole rings is 1. The first-order chi connectivity index (χ1) is 18.5. The van der Waals surface area contributed by atoms with E-state index in [4.69, 9.17) is 49.0 Å². The van der Waals surface area contributed by atoms with Crippen LogP contribution in [0.2, 0.25) is 0 Å². The van der Waals surface area contributed by atoms with Crippen LogP contribution in [0.15, 0.2) is 40.8 Å². The average Bonchev–Trinajstić information content (AvgIpc) is 3.37. The summed E-state index contributed by atoms with van der Waals surface area (Å²) in [6.45, 7) is 5.70. The second kappa shape index (κ2) is 15.1. The zero-order valence-corrected chi connectivity index (χ0v) is 21.3. The number of hydrogen-bond donors (Lipinski definition) is 6. The Morgan fingerprint density at radius 2 is 1.59 bits per heavy atom. The highest BCUT2D eigenvalue weighted by molar-refractivity contribution is 6.27. The number of aromatic nitrogens is 2. The number of aryl methyl sites for hydroxylation is 1. The number of carboxylic acids is 4. The van der Waals surface area contributed by atoms with Gasteiger partial charge in [0, 0.05) is 19.1 Å². The van der Waals surface area contributed by atoms with Gasteiger partial charge in [-0.2, -0.15) is 0 Å². The van der Waals surface area contributed by atoms with Crippen LogP contribution >= 0.6 is 0 Å². The molecule has 1 aromatic carbocycles. The number of carboxylic acid groups (broad SMARTS) is 4. The van der Waals surface area contributed by atoms with Crippen molar-refractivity contribution in [1.29, 1.82) is 0 Å². The number of fused-ring (bicyclic) bond motifs is 1. The van der Waals surface area contributed by atoms with Crippen LogP contribution in [0.4, 0.5) is 5.95 Å². The Balaban J connectivity index is 0.000000374. The lowest BCUT2D eigenvalue weighted by Gasteiger charge is -2.20. The minimum absolute atomic E-state index is 0.233. The van der Waals surface area contributed by atoms with Crippen LogP contribution in [-0.4, -0.2) is 96.1 Å². The molecule has 1 fully saturated rings. The third-order valence-corrected chi connectivity index (χ3v) is 5.70. The number of anilines is 1. The third kappa shape index (κ3) is 10.1. The molecule has 0 radical (unpaired) electrons. The van der Waals surface area contributed by atoms with Crippen molar-refractivity contribution in [3.8, 4) is 0 Å². The van der Waals surface area contributed by atoms with Gasteiger partial charge in [0.05, 0.1) is 24.2 Å². The highest BCUT2D eigenvalue weighted by Crippen LogP contribution is 2.24. The summed E-state index contributed by atoms with van der Waals surface area (Å²) in [5, 5.41) is 42.4. The first kappa shape index (κ1) is 30.8. The Bertz CT molecular complexity index is 1220. The van der Waals surface area contributed by atoms with Gasteiger partial charge in [0.1, 0.15) is 11.5 Å². The number of aliphatic hydroxyl groups excluding tert-OH is 1. The minimum atomic E-state index is -1.82. The van der Waals surface area contributed by atoms with Crippen molar-refractivity contribution in [2.45, 2.75) is 38.8 Å². The van der Waals surface area contributed by atoms with E-state index in [9.17, 15) is 5.11 Å². The van der Waals surface area contributed by atoms with E-state index in [1.807, 2.05) is 25.1 Å². The maximum atomic E-state index is 9.19. The SMILES string of the molecule is Cc1ccc(Cn2c(NC3CCCN(CCO)CC3)nc3ccccc32)o1.O=C(O)C(=O)O.O=C(O)C(=O)O. The van der Waals surface area contributed by atoms with Crippen LogP contribution in [0, 0.1) is 6.92 Å². The van der Waals surface area contributed by atoms with E-state index in [0.29, 0.717) is 12.6 Å². The summed E-state index contributed by atoms with van der Waals surface area (Å²) >= 11 is 0. The molecule has 3 aromatic rings. The van der Waals surface area contributed by atoms with E-state index in [1.165, 1.54) is 0 Å². The molecule has 14 heteroatoms. The van der Waals surface area contributed by atoms with E-state index in [2.05, 4.69) is 33.0 Å². The Morgan fingerprint density at radius 1 is 0.949 bits per heavy atom. The van der Waals surface area contributed by atoms with Gasteiger partial charge in [0.15, 0.2) is 0 Å². The molecule has 3 heterocycles. The molecule has 0 aliphatic carbocycles. The Hall–Kier alpha value is -4.43. The van der Waals surface area contributed by atoms with Gasteiger partial charge in [-0.3, -0.25) is 0 Å². The highest BCUT2D eigenvalue weighted by atomic mass is 16.4. The molecule has 1 atom stereocenters. The quantitative estimate of drug-likeness (QED) is 0.241. The second-order valence-electron chi connectivity index (χ2n) is 8.58. The molecule has 1 aliphatic rings. The molecule has 0 bridgehead atoms. The number of benzene rings is 1. The van der Waals surface area contributed by atoms with Crippen molar-refractivity contribution in [3.05, 3.63) is 47.9 Å². The first-order valence-corrected chi connectivity index (χ1v) is 12.0. The van der Waals surface area contributed by atoms with Crippen LogP contribution in [0.5, 0.6) is 0 Å². The van der Waals surface area contributed by atoms with Gasteiger partial charge in [-0.15, -0.1) is 0 Å². The fraction of sp³-hybridized carbons (Fsp3) is 0.400. The number of nitrogens with zero attached hydrogens (tertiary/aromatic N) is 3. The van der Waals surface area contributed by atoms with E-state index in [0.717, 1.165) is 67.4 Å². The molecule has 0 saturated carbocycles. The van der Waals surface area contributed by atoms with Gasteiger partial charge in [-0.05, 0) is 57.0 Å². The lowest BCUT2D eigenvalue weighted by molar-refractivity contribution is -0.159. The predicted molar refractivity (Wildman–Crippen MR) is 138 cm³/mol. The van der Waals surface area contributed by atoms with Crippen LogP contribution in [-0.2, 0) is 25.7 Å². The summed E-state index contributed by atoms with van der Waals surface area (Å²) in [5.41, 5.74) is 2.11. The maximum absolute atomic E-state index is 9.19. The second-order valence-corrected chi connectivity index (χ2v) is 8.58. The van der Waals surface area contributed by atoms with Gasteiger partial charge in [-0.25, -0.2) is 24.2 Å². The number of nitrogens with one attached hydrogen (secondary N) is 1. The van der Waals surface area contributed by atoms with Gasteiger partial charge < -0.3 is 44.7 Å². The smallest absolute Gasteiger partial charge is 0.414 e. The fourth-order valence-electron chi connectivity index (χ4n) is 3.92. The van der Waals surface area contributed by atoms with Gasteiger partial charge in [-0.1, -0.05) is 12.1 Å². The monoisotopic (exact) mass is 548 g/mol. The van der Waals surface area contributed by atoms with Crippen molar-refractivity contribution in [2.75, 3.05) is 31.6 Å². The summed E-state index contributed by atoms with van der Waals surface area (Å²) in [4.78, 5) is 43.6. The first-order valence-electron chi connectivity index (χ1n) is 12.0. The highest BCUT2D eigenvalue weighted by Gasteiger charge is 2.20. The largest absolute Gasteiger partial charge is 0.473 e. The Kier molecular flexibility index (Phi) is 11.9. The predicted octanol–water partition coefficient (Wildman–Crippen LogP) is 1.56.